The topological polar surface area (TPSA) is 0 Å². The molecule has 0 amide bonds. The molecule has 0 saturated heterocycles. The summed E-state index contributed by atoms with van der Waals surface area (Å²) in [5, 5.41) is 1.26. The molecule has 2 atom stereocenters. The van der Waals surface area contributed by atoms with Crippen molar-refractivity contribution >= 4 is 23.4 Å². The Morgan fingerprint density at radius 1 is 0.783 bits per heavy atom. The molecule has 0 nitrogen and oxygen atoms in total. The minimum absolute atomic E-state index is 0.439. The van der Waals surface area contributed by atoms with Crippen LogP contribution in [-0.4, -0.2) is 0 Å². The van der Waals surface area contributed by atoms with E-state index in [-0.39, 0.29) is 0 Å². The smallest absolute Gasteiger partial charge is 0.0409 e. The first kappa shape index (κ1) is 14.9. The van der Waals surface area contributed by atoms with Crippen molar-refractivity contribution in [3.8, 4) is 0 Å². The lowest BCUT2D eigenvalue weighted by molar-refractivity contribution is 0.677. The first-order valence-corrected chi connectivity index (χ1v) is 9.13. The normalized spacial score (nSPS) is 20.0. The van der Waals surface area contributed by atoms with Crippen LogP contribution in [0.1, 0.15) is 34.3 Å². The first-order valence-electron chi connectivity index (χ1n) is 7.87. The summed E-state index contributed by atoms with van der Waals surface area (Å²) in [7, 11) is 0. The number of halogens is 1. The zero-order valence-electron chi connectivity index (χ0n) is 12.7. The molecule has 0 radical (unpaired) electrons. The van der Waals surface area contributed by atoms with Crippen LogP contribution in [-0.2, 0) is 0 Å². The van der Waals surface area contributed by atoms with Gasteiger partial charge >= 0.3 is 0 Å². The Hall–Kier alpha value is -1.70. The summed E-state index contributed by atoms with van der Waals surface area (Å²) in [5.74, 6) is 0.442. The zero-order valence-corrected chi connectivity index (χ0v) is 14.2. The Labute approximate surface area is 146 Å². The van der Waals surface area contributed by atoms with Gasteiger partial charge in [0.1, 0.15) is 0 Å². The van der Waals surface area contributed by atoms with Crippen molar-refractivity contribution < 1.29 is 0 Å². The quantitative estimate of drug-likeness (QED) is 0.501. The molecule has 1 heterocycles. The molecule has 0 fully saturated rings. The molecule has 0 unspecified atom stereocenters. The largest absolute Gasteiger partial charge is 0.118 e. The highest BCUT2D eigenvalue weighted by Gasteiger charge is 2.29. The van der Waals surface area contributed by atoms with Gasteiger partial charge in [-0.25, -0.2) is 0 Å². The van der Waals surface area contributed by atoms with E-state index in [1.807, 2.05) is 17.8 Å². The lowest BCUT2D eigenvalue weighted by Gasteiger charge is -2.32. The number of benzene rings is 3. The molecule has 0 bridgehead atoms. The number of hydrogen-bond donors (Lipinski definition) is 0. The van der Waals surface area contributed by atoms with E-state index in [9.17, 15) is 0 Å². The van der Waals surface area contributed by atoms with E-state index in [0.29, 0.717) is 11.2 Å². The van der Waals surface area contributed by atoms with Crippen LogP contribution in [0, 0.1) is 0 Å². The average Bonchev–Trinajstić information content (AvgIpc) is 2.61. The van der Waals surface area contributed by atoms with Crippen LogP contribution in [0.4, 0.5) is 0 Å². The van der Waals surface area contributed by atoms with Gasteiger partial charge < -0.3 is 0 Å². The van der Waals surface area contributed by atoms with E-state index in [2.05, 4.69) is 72.8 Å². The van der Waals surface area contributed by atoms with Gasteiger partial charge in [0.25, 0.3) is 0 Å². The second-order valence-corrected chi connectivity index (χ2v) is 7.58. The summed E-state index contributed by atoms with van der Waals surface area (Å²) in [6.07, 6.45) is 1.10. The Morgan fingerprint density at radius 2 is 1.52 bits per heavy atom. The van der Waals surface area contributed by atoms with Crippen molar-refractivity contribution in [3.63, 3.8) is 0 Å². The summed E-state index contributed by atoms with van der Waals surface area (Å²) in [6.45, 7) is 0. The SMILES string of the molecule is Clc1cccc([C@H]2C[C@@H](c3ccccc3)c3ccccc3S2)c1. The van der Waals surface area contributed by atoms with E-state index < -0.39 is 0 Å². The van der Waals surface area contributed by atoms with E-state index in [4.69, 9.17) is 11.6 Å². The maximum Gasteiger partial charge on any atom is 0.0409 e. The number of fused-ring (bicyclic) bond motifs is 1. The summed E-state index contributed by atoms with van der Waals surface area (Å²) in [6, 6.07) is 27.9. The van der Waals surface area contributed by atoms with Gasteiger partial charge in [-0.1, -0.05) is 72.3 Å². The second-order valence-electron chi connectivity index (χ2n) is 5.90. The van der Waals surface area contributed by atoms with E-state index in [1.165, 1.54) is 21.6 Å². The van der Waals surface area contributed by atoms with Gasteiger partial charge in [-0.3, -0.25) is 0 Å². The van der Waals surface area contributed by atoms with Crippen molar-refractivity contribution in [1.82, 2.24) is 0 Å². The Morgan fingerprint density at radius 3 is 2.35 bits per heavy atom. The van der Waals surface area contributed by atoms with Crippen LogP contribution >= 0.6 is 23.4 Å². The fraction of sp³-hybridized carbons (Fsp3) is 0.143. The van der Waals surface area contributed by atoms with Crippen molar-refractivity contribution in [2.75, 3.05) is 0 Å². The third kappa shape index (κ3) is 3.04. The number of hydrogen-bond acceptors (Lipinski definition) is 1. The molecule has 1 aliphatic heterocycles. The molecule has 0 spiro atoms. The molecule has 0 saturated carbocycles. The predicted molar refractivity (Wildman–Crippen MR) is 99.4 cm³/mol. The van der Waals surface area contributed by atoms with Crippen molar-refractivity contribution in [2.45, 2.75) is 22.5 Å². The molecule has 0 aliphatic carbocycles. The van der Waals surface area contributed by atoms with Crippen molar-refractivity contribution in [2.24, 2.45) is 0 Å². The molecule has 0 aromatic heterocycles. The minimum Gasteiger partial charge on any atom is -0.118 e. The predicted octanol–water partition coefficient (Wildman–Crippen LogP) is 6.71. The number of thioether (sulfide) groups is 1. The Kier molecular flexibility index (Phi) is 4.15. The molecule has 3 aromatic rings. The van der Waals surface area contributed by atoms with Gasteiger partial charge in [-0.05, 0) is 41.3 Å². The van der Waals surface area contributed by atoms with Gasteiger partial charge in [0, 0.05) is 21.1 Å². The maximum absolute atomic E-state index is 6.21. The maximum atomic E-state index is 6.21. The third-order valence-corrected chi connectivity index (χ3v) is 6.05. The molecule has 114 valence electrons. The van der Waals surface area contributed by atoms with Gasteiger partial charge in [-0.2, -0.15) is 0 Å². The molecular weight excluding hydrogens is 320 g/mol. The summed E-state index contributed by atoms with van der Waals surface area (Å²) >= 11 is 8.17. The second kappa shape index (κ2) is 6.43. The summed E-state index contributed by atoms with van der Waals surface area (Å²) in [5.41, 5.74) is 4.16. The van der Waals surface area contributed by atoms with Gasteiger partial charge in [-0.15, -0.1) is 11.8 Å². The first-order chi connectivity index (χ1) is 11.3. The highest BCUT2D eigenvalue weighted by molar-refractivity contribution is 7.99. The molecule has 23 heavy (non-hydrogen) atoms. The average molecular weight is 337 g/mol. The molecular formula is C21H17ClS. The molecule has 2 heteroatoms. The highest BCUT2D eigenvalue weighted by atomic mass is 35.5. The number of rotatable bonds is 2. The highest BCUT2D eigenvalue weighted by Crippen LogP contribution is 2.51. The van der Waals surface area contributed by atoms with E-state index in [0.717, 1.165) is 11.4 Å². The van der Waals surface area contributed by atoms with Gasteiger partial charge in [0.05, 0.1) is 0 Å². The van der Waals surface area contributed by atoms with Crippen LogP contribution in [0.2, 0.25) is 5.02 Å². The van der Waals surface area contributed by atoms with Crippen molar-refractivity contribution in [1.29, 1.82) is 0 Å². The zero-order chi connectivity index (χ0) is 15.6. The van der Waals surface area contributed by atoms with Crippen molar-refractivity contribution in [3.05, 3.63) is 101 Å². The van der Waals surface area contributed by atoms with Crippen LogP contribution in [0.5, 0.6) is 0 Å². The minimum atomic E-state index is 0.439. The molecule has 0 N–H and O–H groups in total. The summed E-state index contributed by atoms with van der Waals surface area (Å²) < 4.78 is 0. The summed E-state index contributed by atoms with van der Waals surface area (Å²) in [4.78, 5) is 1.39. The lowest BCUT2D eigenvalue weighted by atomic mass is 9.85. The standard InChI is InChI=1S/C21H17ClS/c22-17-10-6-9-16(13-17)21-14-19(15-7-2-1-3-8-15)18-11-4-5-12-20(18)23-21/h1-13,19,21H,14H2/t19-,21+/m0/s1. The fourth-order valence-corrected chi connectivity index (χ4v) is 4.91. The lowest BCUT2D eigenvalue weighted by Crippen LogP contribution is -2.12. The molecule has 1 aliphatic rings. The Balaban J connectivity index is 1.77. The fourth-order valence-electron chi connectivity index (χ4n) is 3.33. The van der Waals surface area contributed by atoms with Gasteiger partial charge in [0.2, 0.25) is 0 Å². The molecule has 4 rings (SSSR count). The molecule has 3 aromatic carbocycles. The van der Waals surface area contributed by atoms with Crippen LogP contribution in [0.25, 0.3) is 0 Å². The van der Waals surface area contributed by atoms with Gasteiger partial charge in [0.15, 0.2) is 0 Å². The van der Waals surface area contributed by atoms with E-state index >= 15 is 0 Å². The monoisotopic (exact) mass is 336 g/mol. The van der Waals surface area contributed by atoms with E-state index in [1.54, 1.807) is 0 Å². The van der Waals surface area contributed by atoms with Crippen LogP contribution in [0.15, 0.2) is 83.8 Å². The Bertz CT molecular complexity index is 813. The van der Waals surface area contributed by atoms with Crippen LogP contribution < -0.4 is 0 Å². The third-order valence-electron chi connectivity index (χ3n) is 4.44. The van der Waals surface area contributed by atoms with Crippen LogP contribution in [0.3, 0.4) is 0 Å².